The highest BCUT2D eigenvalue weighted by Gasteiger charge is 2.27. The molecule has 0 aliphatic carbocycles. The lowest BCUT2D eigenvalue weighted by molar-refractivity contribution is 0.0746. The molecule has 0 spiro atoms. The fraction of sp³-hybridized carbons (Fsp3) is 0.421. The van der Waals surface area contributed by atoms with Crippen LogP contribution in [0.1, 0.15) is 24.2 Å². The molecule has 1 aliphatic rings. The Balaban J connectivity index is 1.71. The van der Waals surface area contributed by atoms with Gasteiger partial charge < -0.3 is 9.80 Å². The van der Waals surface area contributed by atoms with Gasteiger partial charge >= 0.3 is 0 Å². The maximum atomic E-state index is 12.9. The van der Waals surface area contributed by atoms with Crippen LogP contribution in [0.2, 0.25) is 0 Å². The number of carbonyl (C=O) groups excluding carboxylic acids is 1. The first kappa shape index (κ1) is 21.7. The minimum absolute atomic E-state index is 0.126. The molecular formula is C19H24BrN5O3S. The Morgan fingerprint density at radius 3 is 2.34 bits per heavy atom. The lowest BCUT2D eigenvalue weighted by Crippen LogP contribution is -2.49. The van der Waals surface area contributed by atoms with Gasteiger partial charge in [0.2, 0.25) is 16.0 Å². The summed E-state index contributed by atoms with van der Waals surface area (Å²) in [4.78, 5) is 25.4. The van der Waals surface area contributed by atoms with Crippen LogP contribution in [-0.4, -0.2) is 72.8 Å². The van der Waals surface area contributed by atoms with Gasteiger partial charge in [0, 0.05) is 57.2 Å². The Hall–Kier alpha value is -2.04. The molecule has 1 amide bonds. The second-order valence-electron chi connectivity index (χ2n) is 7.12. The summed E-state index contributed by atoms with van der Waals surface area (Å²) in [6.07, 6.45) is 3.39. The summed E-state index contributed by atoms with van der Waals surface area (Å²) in [5.41, 5.74) is 0.372. The quantitative estimate of drug-likeness (QED) is 0.650. The van der Waals surface area contributed by atoms with Crippen molar-refractivity contribution in [1.82, 2.24) is 19.2 Å². The van der Waals surface area contributed by atoms with Crippen LogP contribution in [0.15, 0.2) is 46.0 Å². The summed E-state index contributed by atoms with van der Waals surface area (Å²) in [5, 5.41) is 0. The molecule has 1 saturated heterocycles. The van der Waals surface area contributed by atoms with Crippen LogP contribution in [0.3, 0.4) is 0 Å². The van der Waals surface area contributed by atoms with E-state index in [0.29, 0.717) is 37.7 Å². The predicted molar refractivity (Wildman–Crippen MR) is 114 cm³/mol. The molecule has 0 atom stereocenters. The molecule has 3 rings (SSSR count). The van der Waals surface area contributed by atoms with Gasteiger partial charge in [-0.25, -0.2) is 18.4 Å². The summed E-state index contributed by atoms with van der Waals surface area (Å²) in [7, 11) is -2.10. The molecule has 2 heterocycles. The van der Waals surface area contributed by atoms with Gasteiger partial charge in [0.05, 0.1) is 9.37 Å². The number of aromatic nitrogens is 2. The number of hydrogen-bond acceptors (Lipinski definition) is 6. The monoisotopic (exact) mass is 481 g/mol. The van der Waals surface area contributed by atoms with Crippen LogP contribution in [0, 0.1) is 0 Å². The van der Waals surface area contributed by atoms with Crippen molar-refractivity contribution in [3.8, 4) is 0 Å². The average Bonchev–Trinajstić information content (AvgIpc) is 2.73. The lowest BCUT2D eigenvalue weighted by atomic mass is 10.2. The third-order valence-electron chi connectivity index (χ3n) is 4.94. The van der Waals surface area contributed by atoms with E-state index in [4.69, 9.17) is 0 Å². The highest BCUT2D eigenvalue weighted by Crippen LogP contribution is 2.20. The zero-order valence-corrected chi connectivity index (χ0v) is 19.0. The van der Waals surface area contributed by atoms with Crippen LogP contribution >= 0.6 is 15.9 Å². The van der Waals surface area contributed by atoms with Gasteiger partial charge in [-0.05, 0) is 48.0 Å². The smallest absolute Gasteiger partial charge is 0.254 e. The minimum atomic E-state index is -3.64. The topological polar surface area (TPSA) is 86.7 Å². The summed E-state index contributed by atoms with van der Waals surface area (Å²) in [6, 6.07) is 6.07. The maximum Gasteiger partial charge on any atom is 0.254 e. The second kappa shape index (κ2) is 8.76. The molecular weight excluding hydrogens is 458 g/mol. The zero-order valence-electron chi connectivity index (χ0n) is 16.6. The number of halogens is 1. The number of hydrogen-bond donors (Lipinski definition) is 0. The molecule has 2 aromatic rings. The van der Waals surface area contributed by atoms with E-state index < -0.39 is 10.0 Å². The molecule has 1 aromatic carbocycles. The Labute approximate surface area is 179 Å². The molecule has 8 nitrogen and oxygen atoms in total. The van der Waals surface area contributed by atoms with E-state index in [9.17, 15) is 13.2 Å². The third kappa shape index (κ3) is 4.76. The number of benzene rings is 1. The molecule has 10 heteroatoms. The third-order valence-corrected chi connectivity index (χ3v) is 7.38. The number of anilines is 1. The van der Waals surface area contributed by atoms with Crippen LogP contribution in [0.25, 0.3) is 0 Å². The first-order chi connectivity index (χ1) is 13.7. The van der Waals surface area contributed by atoms with Crippen molar-refractivity contribution < 1.29 is 13.2 Å². The number of amides is 1. The van der Waals surface area contributed by atoms with Gasteiger partial charge in [-0.1, -0.05) is 6.07 Å². The summed E-state index contributed by atoms with van der Waals surface area (Å²) >= 11 is 3.32. The molecule has 1 fully saturated rings. The number of carbonyl (C=O) groups is 1. The number of sulfonamides is 1. The highest BCUT2D eigenvalue weighted by atomic mass is 79.9. The van der Waals surface area contributed by atoms with E-state index in [1.165, 1.54) is 23.5 Å². The Bertz CT molecular complexity index is 974. The summed E-state index contributed by atoms with van der Waals surface area (Å²) in [6.45, 7) is 5.87. The van der Waals surface area contributed by atoms with E-state index in [0.717, 1.165) is 4.47 Å². The van der Waals surface area contributed by atoms with Gasteiger partial charge in [0.15, 0.2) is 0 Å². The van der Waals surface area contributed by atoms with Crippen molar-refractivity contribution in [2.75, 3.05) is 38.1 Å². The lowest BCUT2D eigenvalue weighted by Gasteiger charge is -2.34. The summed E-state index contributed by atoms with van der Waals surface area (Å²) in [5.74, 6) is 0.454. The molecule has 1 aliphatic heterocycles. The van der Waals surface area contributed by atoms with Crippen molar-refractivity contribution >= 4 is 37.8 Å². The van der Waals surface area contributed by atoms with E-state index in [2.05, 4.69) is 25.9 Å². The zero-order chi connectivity index (χ0) is 21.2. The molecule has 29 heavy (non-hydrogen) atoms. The van der Waals surface area contributed by atoms with Crippen molar-refractivity contribution in [1.29, 1.82) is 0 Å². The molecule has 0 radical (unpaired) electrons. The van der Waals surface area contributed by atoms with Crippen LogP contribution in [0.4, 0.5) is 5.95 Å². The van der Waals surface area contributed by atoms with E-state index in [-0.39, 0.29) is 16.8 Å². The Morgan fingerprint density at radius 1 is 1.14 bits per heavy atom. The molecule has 156 valence electrons. The summed E-state index contributed by atoms with van der Waals surface area (Å²) < 4.78 is 27.6. The number of nitrogens with zero attached hydrogens (tertiary/aromatic N) is 5. The average molecular weight is 482 g/mol. The predicted octanol–water partition coefficient (Wildman–Crippen LogP) is 2.23. The van der Waals surface area contributed by atoms with Gasteiger partial charge in [-0.3, -0.25) is 4.79 Å². The molecule has 0 unspecified atom stereocenters. The van der Waals surface area contributed by atoms with Crippen molar-refractivity contribution in [2.45, 2.75) is 24.8 Å². The van der Waals surface area contributed by atoms with E-state index >= 15 is 0 Å². The molecule has 1 aromatic heterocycles. The first-order valence-electron chi connectivity index (χ1n) is 9.30. The van der Waals surface area contributed by atoms with Gasteiger partial charge in [0.1, 0.15) is 0 Å². The van der Waals surface area contributed by atoms with Gasteiger partial charge in [-0.15, -0.1) is 0 Å². The van der Waals surface area contributed by atoms with Crippen LogP contribution in [-0.2, 0) is 10.0 Å². The largest absolute Gasteiger partial charge is 0.337 e. The van der Waals surface area contributed by atoms with Gasteiger partial charge in [0.25, 0.3) is 5.91 Å². The maximum absolute atomic E-state index is 12.9. The van der Waals surface area contributed by atoms with Crippen molar-refractivity contribution in [3.63, 3.8) is 0 Å². The highest BCUT2D eigenvalue weighted by molar-refractivity contribution is 9.10. The SMILES string of the molecule is CC(C)N(C)S(=O)(=O)c1cccc(C(=O)N2CCN(c3ncc(Br)cn3)CC2)c1. The Morgan fingerprint density at radius 2 is 1.76 bits per heavy atom. The van der Waals surface area contributed by atoms with Gasteiger partial charge in [-0.2, -0.15) is 4.31 Å². The fourth-order valence-corrected chi connectivity index (χ4v) is 4.61. The van der Waals surface area contributed by atoms with Crippen LogP contribution < -0.4 is 4.90 Å². The van der Waals surface area contributed by atoms with E-state index in [1.54, 1.807) is 43.3 Å². The number of rotatable bonds is 5. The Kier molecular flexibility index (Phi) is 6.55. The fourth-order valence-electron chi connectivity index (χ4n) is 2.99. The molecule has 0 bridgehead atoms. The molecule has 0 saturated carbocycles. The van der Waals surface area contributed by atoms with Crippen LogP contribution in [0.5, 0.6) is 0 Å². The number of piperazine rings is 1. The minimum Gasteiger partial charge on any atom is -0.337 e. The normalized spacial score (nSPS) is 15.2. The second-order valence-corrected chi connectivity index (χ2v) is 10.0. The van der Waals surface area contributed by atoms with Crippen molar-refractivity contribution in [3.05, 3.63) is 46.7 Å². The molecule has 0 N–H and O–H groups in total. The van der Waals surface area contributed by atoms with E-state index in [1.807, 2.05) is 4.90 Å². The first-order valence-corrected chi connectivity index (χ1v) is 11.5. The standard InChI is InChI=1S/C19H24BrN5O3S/c1-14(2)23(3)29(27,28)17-6-4-5-15(11-17)18(26)24-7-9-25(10-8-24)19-21-12-16(20)13-22-19/h4-6,11-14H,7-10H2,1-3H3. The van der Waals surface area contributed by atoms with Crippen molar-refractivity contribution in [2.24, 2.45) is 0 Å².